The normalized spacial score (nSPS) is 20.0. The topological polar surface area (TPSA) is 40.5 Å². The maximum Gasteiger partial charge on any atom is 0.110 e. The van der Waals surface area contributed by atoms with E-state index in [-0.39, 0.29) is 0 Å². The van der Waals surface area contributed by atoms with Gasteiger partial charge in [0.15, 0.2) is 0 Å². The van der Waals surface area contributed by atoms with Gasteiger partial charge in [-0.3, -0.25) is 0 Å². The fourth-order valence-electron chi connectivity index (χ4n) is 4.14. The molecule has 0 aliphatic heterocycles. The Labute approximate surface area is 133 Å². The van der Waals surface area contributed by atoms with Gasteiger partial charge in [0.25, 0.3) is 0 Å². The maximum absolute atomic E-state index is 10.7. The van der Waals surface area contributed by atoms with Crippen LogP contribution in [-0.4, -0.2) is 10.2 Å². The van der Waals surface area contributed by atoms with Crippen molar-refractivity contribution < 1.29 is 10.2 Å². The van der Waals surface area contributed by atoms with Crippen molar-refractivity contribution in [3.63, 3.8) is 0 Å². The van der Waals surface area contributed by atoms with Crippen LogP contribution in [0.5, 0.6) is 0 Å². The Balaban J connectivity index is 2.08. The van der Waals surface area contributed by atoms with E-state index in [0.717, 1.165) is 38.2 Å². The number of benzene rings is 4. The summed E-state index contributed by atoms with van der Waals surface area (Å²) in [6, 6.07) is 18.7. The lowest BCUT2D eigenvalue weighted by Gasteiger charge is -2.13. The molecule has 0 aromatic heterocycles. The van der Waals surface area contributed by atoms with Gasteiger partial charge in [0.05, 0.1) is 0 Å². The van der Waals surface area contributed by atoms with Crippen LogP contribution in [-0.2, 0) is 0 Å². The molecule has 23 heavy (non-hydrogen) atoms. The first-order chi connectivity index (χ1) is 11.2. The summed E-state index contributed by atoms with van der Waals surface area (Å²) < 4.78 is 0. The molecule has 0 spiro atoms. The minimum absolute atomic E-state index is 0.842. The Morgan fingerprint density at radius 2 is 1.43 bits per heavy atom. The van der Waals surface area contributed by atoms with E-state index in [1.807, 2.05) is 25.1 Å². The van der Waals surface area contributed by atoms with Crippen LogP contribution in [0.15, 0.2) is 54.6 Å². The van der Waals surface area contributed by atoms with Crippen LogP contribution in [0, 0.1) is 6.92 Å². The first kappa shape index (κ1) is 13.1. The Hall–Kier alpha value is -2.42. The van der Waals surface area contributed by atoms with Crippen molar-refractivity contribution >= 4 is 32.3 Å². The lowest BCUT2D eigenvalue weighted by molar-refractivity contribution is 0.0257. The molecule has 1 aliphatic carbocycles. The van der Waals surface area contributed by atoms with Crippen molar-refractivity contribution in [3.8, 4) is 0 Å². The molecule has 0 saturated heterocycles. The molecular weight excluding hydrogens is 284 g/mol. The van der Waals surface area contributed by atoms with Gasteiger partial charge in [0.1, 0.15) is 12.2 Å². The van der Waals surface area contributed by atoms with Crippen LogP contribution in [0.3, 0.4) is 0 Å². The molecule has 0 saturated carbocycles. The van der Waals surface area contributed by atoms with Crippen LogP contribution >= 0.6 is 0 Å². The highest BCUT2D eigenvalue weighted by Gasteiger charge is 2.34. The number of aliphatic hydroxyl groups excluding tert-OH is 2. The molecule has 0 fully saturated rings. The number of rotatable bonds is 0. The molecule has 2 nitrogen and oxygen atoms in total. The fraction of sp³-hybridized carbons (Fsp3) is 0.143. The van der Waals surface area contributed by atoms with Gasteiger partial charge >= 0.3 is 0 Å². The van der Waals surface area contributed by atoms with E-state index >= 15 is 0 Å². The quantitative estimate of drug-likeness (QED) is 0.370. The third-order valence-corrected chi connectivity index (χ3v) is 5.22. The highest BCUT2D eigenvalue weighted by molar-refractivity contribution is 6.15. The summed E-state index contributed by atoms with van der Waals surface area (Å²) >= 11 is 0. The highest BCUT2D eigenvalue weighted by atomic mass is 16.3. The van der Waals surface area contributed by atoms with Gasteiger partial charge in [0, 0.05) is 0 Å². The third kappa shape index (κ3) is 1.55. The van der Waals surface area contributed by atoms with E-state index in [1.165, 1.54) is 10.8 Å². The molecule has 0 heterocycles. The fourth-order valence-corrected chi connectivity index (χ4v) is 4.14. The first-order valence-corrected chi connectivity index (χ1v) is 7.90. The van der Waals surface area contributed by atoms with Crippen molar-refractivity contribution in [2.75, 3.05) is 0 Å². The summed E-state index contributed by atoms with van der Waals surface area (Å²) in [6.07, 6.45) is -1.70. The Kier molecular flexibility index (Phi) is 2.45. The summed E-state index contributed by atoms with van der Waals surface area (Å²) in [5.74, 6) is 0. The zero-order valence-corrected chi connectivity index (χ0v) is 12.7. The first-order valence-electron chi connectivity index (χ1n) is 7.90. The van der Waals surface area contributed by atoms with Crippen molar-refractivity contribution in [1.29, 1.82) is 0 Å². The molecule has 1 aliphatic rings. The number of aliphatic hydroxyl groups is 2. The van der Waals surface area contributed by atoms with Crippen molar-refractivity contribution in [2.45, 2.75) is 19.1 Å². The Morgan fingerprint density at radius 3 is 2.30 bits per heavy atom. The molecule has 2 heteroatoms. The second-order valence-electron chi connectivity index (χ2n) is 6.46. The molecule has 5 rings (SSSR count). The minimum Gasteiger partial charge on any atom is -0.385 e. The van der Waals surface area contributed by atoms with E-state index in [2.05, 4.69) is 36.4 Å². The standard InChI is InChI=1S/C21H16O2/c1-11-6-7-13-10-16-14-5-3-2-4-12(14)8-9-15(16)19-18(13)17(11)20(22)21(19)23/h2-10,20-23H,1H3/t20-,21+/m1/s1. The summed E-state index contributed by atoms with van der Waals surface area (Å²) in [5.41, 5.74) is 2.78. The average Bonchev–Trinajstić information content (AvgIpc) is 2.85. The second-order valence-corrected chi connectivity index (χ2v) is 6.46. The minimum atomic E-state index is -0.863. The zero-order valence-electron chi connectivity index (χ0n) is 12.7. The summed E-state index contributed by atoms with van der Waals surface area (Å²) in [7, 11) is 0. The van der Waals surface area contributed by atoms with Gasteiger partial charge in [-0.05, 0) is 62.0 Å². The number of fused-ring (bicyclic) bond motifs is 4. The third-order valence-electron chi connectivity index (χ3n) is 5.22. The molecule has 0 radical (unpaired) electrons. The number of hydrogen-bond donors (Lipinski definition) is 2. The van der Waals surface area contributed by atoms with Gasteiger partial charge in [-0.15, -0.1) is 0 Å². The van der Waals surface area contributed by atoms with Crippen LogP contribution < -0.4 is 0 Å². The predicted molar refractivity (Wildman–Crippen MR) is 93.6 cm³/mol. The second kappa shape index (κ2) is 4.31. The summed E-state index contributed by atoms with van der Waals surface area (Å²) in [5, 5.41) is 27.9. The lowest BCUT2D eigenvalue weighted by atomic mass is 9.93. The molecule has 112 valence electrons. The summed E-state index contributed by atoms with van der Waals surface area (Å²) in [4.78, 5) is 0. The monoisotopic (exact) mass is 300 g/mol. The lowest BCUT2D eigenvalue weighted by Crippen LogP contribution is -2.04. The van der Waals surface area contributed by atoms with Crippen LogP contribution in [0.2, 0.25) is 0 Å². The molecular formula is C21H16O2. The van der Waals surface area contributed by atoms with Crippen molar-refractivity contribution in [1.82, 2.24) is 0 Å². The van der Waals surface area contributed by atoms with E-state index in [1.54, 1.807) is 0 Å². The van der Waals surface area contributed by atoms with E-state index in [4.69, 9.17) is 0 Å². The van der Waals surface area contributed by atoms with Crippen molar-refractivity contribution in [2.24, 2.45) is 0 Å². The molecule has 4 aromatic carbocycles. The molecule has 2 atom stereocenters. The molecule has 4 aromatic rings. The van der Waals surface area contributed by atoms with Gasteiger partial charge < -0.3 is 10.2 Å². The van der Waals surface area contributed by atoms with Crippen molar-refractivity contribution in [3.05, 3.63) is 71.3 Å². The Morgan fingerprint density at radius 1 is 0.696 bits per heavy atom. The smallest absolute Gasteiger partial charge is 0.110 e. The largest absolute Gasteiger partial charge is 0.385 e. The molecule has 0 unspecified atom stereocenters. The van der Waals surface area contributed by atoms with Gasteiger partial charge in [-0.25, -0.2) is 0 Å². The molecule has 2 N–H and O–H groups in total. The number of aryl methyl sites for hydroxylation is 1. The predicted octanol–water partition coefficient (Wildman–Crippen LogP) is 4.54. The highest BCUT2D eigenvalue weighted by Crippen LogP contribution is 2.49. The van der Waals surface area contributed by atoms with Gasteiger partial charge in [0.2, 0.25) is 0 Å². The van der Waals surface area contributed by atoms with Crippen LogP contribution in [0.1, 0.15) is 28.9 Å². The van der Waals surface area contributed by atoms with Gasteiger partial charge in [-0.1, -0.05) is 48.5 Å². The number of hydrogen-bond acceptors (Lipinski definition) is 2. The van der Waals surface area contributed by atoms with E-state index < -0.39 is 12.2 Å². The van der Waals surface area contributed by atoms with Gasteiger partial charge in [-0.2, -0.15) is 0 Å². The molecule has 0 bridgehead atoms. The average molecular weight is 300 g/mol. The van der Waals surface area contributed by atoms with E-state index in [0.29, 0.717) is 0 Å². The van der Waals surface area contributed by atoms with Crippen LogP contribution in [0.4, 0.5) is 0 Å². The maximum atomic E-state index is 10.7. The van der Waals surface area contributed by atoms with Crippen LogP contribution in [0.25, 0.3) is 32.3 Å². The SMILES string of the molecule is Cc1ccc2cc3c(ccc4ccccc43)c3c2c1[C@@H](O)[C@H]3O. The molecule has 0 amide bonds. The Bertz CT molecular complexity index is 1110. The zero-order chi connectivity index (χ0) is 15.7. The van der Waals surface area contributed by atoms with E-state index in [9.17, 15) is 10.2 Å². The summed E-state index contributed by atoms with van der Waals surface area (Å²) in [6.45, 7) is 1.99.